The van der Waals surface area contributed by atoms with Crippen molar-refractivity contribution in [1.29, 1.82) is 0 Å². The van der Waals surface area contributed by atoms with Crippen molar-refractivity contribution in [2.75, 3.05) is 12.3 Å². The van der Waals surface area contributed by atoms with E-state index in [1.807, 2.05) is 12.1 Å². The number of benzene rings is 4. The molecule has 8 heteroatoms. The molecule has 0 aliphatic heterocycles. The van der Waals surface area contributed by atoms with Gasteiger partial charge < -0.3 is 10.3 Å². The fraction of sp³-hybridized carbons (Fsp3) is 0.333. The smallest absolute Gasteiger partial charge is 0.266 e. The molecule has 1 amide bonds. The maximum Gasteiger partial charge on any atom is 0.266 e. The highest BCUT2D eigenvalue weighted by molar-refractivity contribution is 7.85. The van der Waals surface area contributed by atoms with Gasteiger partial charge in [-0.25, -0.2) is 4.98 Å². The van der Waals surface area contributed by atoms with E-state index in [-0.39, 0.29) is 17.9 Å². The quantitative estimate of drug-likeness (QED) is 0.127. The summed E-state index contributed by atoms with van der Waals surface area (Å²) in [7, 11) is -4.15. The van der Waals surface area contributed by atoms with Crippen molar-refractivity contribution < 1.29 is 17.8 Å². The van der Waals surface area contributed by atoms with Gasteiger partial charge in [-0.1, -0.05) is 107 Å². The fourth-order valence-corrected chi connectivity index (χ4v) is 6.96. The molecule has 3 N–H and O–H groups in total. The van der Waals surface area contributed by atoms with Crippen molar-refractivity contribution in [3.63, 3.8) is 0 Å². The fourth-order valence-electron chi connectivity index (χ4n) is 6.60. The average Bonchev–Trinajstić information content (AvgIpc) is 3.50. The number of H-pyrrole nitrogens is 1. The van der Waals surface area contributed by atoms with Crippen molar-refractivity contribution in [3.05, 3.63) is 131 Å². The van der Waals surface area contributed by atoms with Crippen LogP contribution in [0.15, 0.2) is 97.1 Å². The van der Waals surface area contributed by atoms with E-state index in [2.05, 4.69) is 118 Å². The van der Waals surface area contributed by atoms with Gasteiger partial charge in [-0.05, 0) is 99.7 Å². The molecule has 0 saturated heterocycles. The molecule has 1 aliphatic rings. The molecular weight excluding hydrogens is 643 g/mol. The van der Waals surface area contributed by atoms with E-state index in [1.165, 1.54) is 28.7 Å². The number of rotatable bonds is 10. The Labute approximate surface area is 296 Å². The molecule has 1 unspecified atom stereocenters. The lowest BCUT2D eigenvalue weighted by Crippen LogP contribution is -2.28. The molecule has 0 spiro atoms. The monoisotopic (exact) mass is 689 g/mol. The highest BCUT2D eigenvalue weighted by atomic mass is 32.2. The second kappa shape index (κ2) is 14.0. The number of hydrogen-bond acceptors (Lipinski definition) is 4. The summed E-state index contributed by atoms with van der Waals surface area (Å²) in [6.45, 7) is 11.2. The summed E-state index contributed by atoms with van der Waals surface area (Å²) in [4.78, 5) is 21.4. The SMILES string of the molecule is CC1(C)CC=C(c2ccc3[nH]c(C(Cc4ccc(C(=O)NCCS(=O)(=O)O)cc4)c4ccc(-c5ccc(C(C)(C)C)cc5)cc4)nc3c2)CC1. The molecule has 5 aromatic rings. The van der Waals surface area contributed by atoms with Gasteiger partial charge in [-0.3, -0.25) is 9.35 Å². The molecule has 7 nitrogen and oxygen atoms in total. The number of fused-ring (bicyclic) bond motifs is 1. The first-order valence-electron chi connectivity index (χ1n) is 17.4. The van der Waals surface area contributed by atoms with Crippen molar-refractivity contribution in [3.8, 4) is 11.1 Å². The maximum absolute atomic E-state index is 12.6. The van der Waals surface area contributed by atoms with Crippen molar-refractivity contribution in [2.45, 2.75) is 71.6 Å². The van der Waals surface area contributed by atoms with E-state index in [1.54, 1.807) is 12.1 Å². The summed E-state index contributed by atoms with van der Waals surface area (Å²) < 4.78 is 31.0. The first-order valence-corrected chi connectivity index (χ1v) is 19.0. The van der Waals surface area contributed by atoms with Gasteiger partial charge in [0.15, 0.2) is 0 Å². The van der Waals surface area contributed by atoms with Crippen LogP contribution in [0.5, 0.6) is 0 Å². The minimum absolute atomic E-state index is 0.0766. The highest BCUT2D eigenvalue weighted by Crippen LogP contribution is 2.39. The van der Waals surface area contributed by atoms with Gasteiger partial charge in [0.1, 0.15) is 5.82 Å². The lowest BCUT2D eigenvalue weighted by molar-refractivity contribution is 0.0956. The Morgan fingerprint density at radius 3 is 2.16 bits per heavy atom. The number of amides is 1. The first kappa shape index (κ1) is 35.3. The van der Waals surface area contributed by atoms with Gasteiger partial charge in [0.05, 0.1) is 16.8 Å². The summed E-state index contributed by atoms with van der Waals surface area (Å²) in [5, 5.41) is 2.55. The number of imidazole rings is 1. The van der Waals surface area contributed by atoms with Crippen LogP contribution in [0.2, 0.25) is 0 Å². The molecule has 0 bridgehead atoms. The van der Waals surface area contributed by atoms with Crippen LogP contribution in [0.1, 0.15) is 98.2 Å². The van der Waals surface area contributed by atoms with Crippen LogP contribution >= 0.6 is 0 Å². The molecule has 1 aromatic heterocycles. The summed E-state index contributed by atoms with van der Waals surface area (Å²) in [5.41, 5.74) is 11.2. The minimum Gasteiger partial charge on any atom is -0.351 e. The van der Waals surface area contributed by atoms with Crippen LogP contribution in [-0.4, -0.2) is 41.1 Å². The molecule has 260 valence electrons. The molecular formula is C42H47N3O4S. The Bertz CT molecular complexity index is 2120. The molecule has 1 heterocycles. The highest BCUT2D eigenvalue weighted by Gasteiger charge is 2.24. The summed E-state index contributed by atoms with van der Waals surface area (Å²) in [6.07, 6.45) is 6.36. The van der Waals surface area contributed by atoms with Crippen molar-refractivity contribution in [2.24, 2.45) is 5.41 Å². The molecule has 6 rings (SSSR count). The van der Waals surface area contributed by atoms with Gasteiger partial charge in [0, 0.05) is 18.0 Å². The number of nitrogens with zero attached hydrogens (tertiary/aromatic N) is 1. The molecule has 0 fully saturated rings. The van der Waals surface area contributed by atoms with E-state index < -0.39 is 21.8 Å². The number of carbonyl (C=O) groups excluding carboxylic acids is 1. The zero-order chi connectivity index (χ0) is 35.7. The van der Waals surface area contributed by atoms with Crippen molar-refractivity contribution in [1.82, 2.24) is 15.3 Å². The lowest BCUT2D eigenvalue weighted by Gasteiger charge is -2.28. The van der Waals surface area contributed by atoms with E-state index in [4.69, 9.17) is 9.54 Å². The van der Waals surface area contributed by atoms with E-state index in [0.717, 1.165) is 46.4 Å². The number of aromatic nitrogens is 2. The summed E-state index contributed by atoms with van der Waals surface area (Å²) >= 11 is 0. The molecule has 1 atom stereocenters. The van der Waals surface area contributed by atoms with Crippen LogP contribution in [0.25, 0.3) is 27.7 Å². The molecule has 0 radical (unpaired) electrons. The molecule has 50 heavy (non-hydrogen) atoms. The minimum atomic E-state index is -4.15. The van der Waals surface area contributed by atoms with Gasteiger partial charge in [0.25, 0.3) is 16.0 Å². The maximum atomic E-state index is 12.6. The predicted molar refractivity (Wildman–Crippen MR) is 203 cm³/mol. The Kier molecular flexibility index (Phi) is 9.89. The predicted octanol–water partition coefficient (Wildman–Crippen LogP) is 9.11. The van der Waals surface area contributed by atoms with Gasteiger partial charge in [-0.15, -0.1) is 0 Å². The summed E-state index contributed by atoms with van der Waals surface area (Å²) in [5.74, 6) is -0.126. The first-order chi connectivity index (χ1) is 23.6. The Balaban J connectivity index is 1.29. The Hall–Kier alpha value is -4.53. The van der Waals surface area contributed by atoms with Gasteiger partial charge >= 0.3 is 0 Å². The second-order valence-corrected chi connectivity index (χ2v) is 17.0. The van der Waals surface area contributed by atoms with Crippen LogP contribution in [0, 0.1) is 5.41 Å². The largest absolute Gasteiger partial charge is 0.351 e. The normalized spacial score (nSPS) is 15.4. The summed E-state index contributed by atoms with van der Waals surface area (Å²) in [6, 6.07) is 31.4. The zero-order valence-electron chi connectivity index (χ0n) is 29.6. The standard InChI is InChI=1S/C42H47N3O4S/c1-41(2,3)35-17-14-30(15-18-35)29-10-12-32(13-11-29)36(26-28-6-8-33(9-7-28)40(46)43-24-25-50(47,48)49)39-44-37-19-16-34(27-38(37)45-39)31-20-22-42(4,5)23-21-31/h6-20,27,36H,21-26H2,1-5H3,(H,43,46)(H,44,45)(H,47,48,49). The lowest BCUT2D eigenvalue weighted by atomic mass is 9.77. The van der Waals surface area contributed by atoms with Crippen LogP contribution in [-0.2, 0) is 22.0 Å². The van der Waals surface area contributed by atoms with Crippen LogP contribution in [0.4, 0.5) is 0 Å². The van der Waals surface area contributed by atoms with Crippen LogP contribution in [0.3, 0.4) is 0 Å². The third kappa shape index (κ3) is 8.60. The number of carbonyl (C=O) groups is 1. The third-order valence-corrected chi connectivity index (χ3v) is 10.6. The Morgan fingerprint density at radius 2 is 1.56 bits per heavy atom. The molecule has 0 saturated carbocycles. The van der Waals surface area contributed by atoms with Gasteiger partial charge in [-0.2, -0.15) is 8.42 Å². The zero-order valence-corrected chi connectivity index (χ0v) is 30.4. The second-order valence-electron chi connectivity index (χ2n) is 15.4. The van der Waals surface area contributed by atoms with Crippen LogP contribution < -0.4 is 5.32 Å². The average molecular weight is 690 g/mol. The number of allylic oxidation sites excluding steroid dienone is 2. The molecule has 1 aliphatic carbocycles. The molecule has 4 aromatic carbocycles. The topological polar surface area (TPSA) is 112 Å². The van der Waals surface area contributed by atoms with Gasteiger partial charge in [0.2, 0.25) is 0 Å². The Morgan fingerprint density at radius 1 is 0.920 bits per heavy atom. The number of aromatic amines is 1. The number of hydrogen-bond donors (Lipinski definition) is 3. The van der Waals surface area contributed by atoms with Crippen molar-refractivity contribution >= 4 is 32.6 Å². The number of nitrogens with one attached hydrogen (secondary N) is 2. The third-order valence-electron chi connectivity index (χ3n) is 9.87. The van der Waals surface area contributed by atoms with E-state index >= 15 is 0 Å². The van der Waals surface area contributed by atoms with E-state index in [9.17, 15) is 13.2 Å². The van der Waals surface area contributed by atoms with E-state index in [0.29, 0.717) is 17.4 Å².